The molecule has 0 bridgehead atoms. The highest BCUT2D eigenvalue weighted by atomic mass is 32.1. The van der Waals surface area contributed by atoms with Crippen LogP contribution >= 0.6 is 22.7 Å². The minimum Gasteiger partial charge on any atom is -0.454 e. The number of rotatable bonds is 3. The molecule has 0 saturated heterocycles. The third kappa shape index (κ3) is 6.62. The van der Waals surface area contributed by atoms with Gasteiger partial charge in [-0.05, 0) is 121 Å². The molecule has 4 aromatic heterocycles. The number of thiophene rings is 2. The predicted molar refractivity (Wildman–Crippen MR) is 416 cm³/mol. The van der Waals surface area contributed by atoms with Gasteiger partial charge in [-0.15, -0.1) is 22.7 Å². The number of ether oxygens (including phenoxy) is 2. The molecule has 0 amide bonds. The topological polar surface area (TPSA) is 28.3 Å². The monoisotopic (exact) mass is 1300 g/mol. The quantitative estimate of drug-likeness (QED) is 0.176. The maximum Gasteiger partial charge on any atom is 0.156 e. The minimum absolute atomic E-state index is 0.606. The van der Waals surface area contributed by atoms with Crippen molar-refractivity contribution in [3.63, 3.8) is 0 Å². The zero-order chi connectivity index (χ0) is 64.8. The summed E-state index contributed by atoms with van der Waals surface area (Å²) in [5.74, 6) is 3.52. The minimum atomic E-state index is -0.728. The molecule has 100 heavy (non-hydrogen) atoms. The Labute approximate surface area is 581 Å². The van der Waals surface area contributed by atoms with E-state index in [1.165, 1.54) is 139 Å². The van der Waals surface area contributed by atoms with Gasteiger partial charge in [0, 0.05) is 106 Å². The van der Waals surface area contributed by atoms with Crippen molar-refractivity contribution in [1.29, 1.82) is 0 Å². The maximum absolute atomic E-state index is 7.59. The van der Waals surface area contributed by atoms with Crippen LogP contribution in [0.3, 0.4) is 0 Å². The molecule has 2 spiro atoms. The number of hydrogen-bond donors (Lipinski definition) is 0. The lowest BCUT2D eigenvalue weighted by atomic mass is 9.66. The number of para-hydroxylation sites is 2. The Morgan fingerprint density at radius 1 is 0.240 bits per heavy atom. The Morgan fingerprint density at radius 2 is 0.660 bits per heavy atom. The van der Waals surface area contributed by atoms with Crippen LogP contribution in [-0.2, 0) is 10.8 Å². The molecular formula is C94H52N2O2S2. The van der Waals surface area contributed by atoms with E-state index < -0.39 is 10.8 Å². The van der Waals surface area contributed by atoms with E-state index in [2.05, 4.69) is 325 Å². The molecule has 24 rings (SSSR count). The van der Waals surface area contributed by atoms with Gasteiger partial charge in [-0.2, -0.15) is 0 Å². The highest BCUT2D eigenvalue weighted by Gasteiger charge is 2.54. The Balaban J connectivity index is 0.710. The molecule has 16 aromatic carbocycles. The Morgan fingerprint density at radius 3 is 1.30 bits per heavy atom. The van der Waals surface area contributed by atoms with Gasteiger partial charge in [0.05, 0.1) is 32.9 Å². The molecule has 1 unspecified atom stereocenters. The third-order valence-corrected chi connectivity index (χ3v) is 25.3. The summed E-state index contributed by atoms with van der Waals surface area (Å²) in [6, 6.07) is 118. The largest absolute Gasteiger partial charge is 0.454 e. The highest BCUT2D eigenvalue weighted by molar-refractivity contribution is 7.26. The normalized spacial score (nSPS) is 15.1. The summed E-state index contributed by atoms with van der Waals surface area (Å²) in [7, 11) is 0. The van der Waals surface area contributed by atoms with Crippen LogP contribution in [0.5, 0.6) is 23.0 Å². The van der Waals surface area contributed by atoms with Crippen LogP contribution in [-0.4, -0.2) is 9.13 Å². The molecule has 0 saturated carbocycles. The Bertz CT molecular complexity index is 7090. The molecule has 1 atom stereocenters. The average molecular weight is 1310 g/mol. The molecule has 4 nitrogen and oxygen atoms in total. The van der Waals surface area contributed by atoms with Crippen molar-refractivity contribution < 1.29 is 9.47 Å². The van der Waals surface area contributed by atoms with Gasteiger partial charge < -0.3 is 18.6 Å². The maximum atomic E-state index is 7.59. The van der Waals surface area contributed by atoms with E-state index in [-0.39, 0.29) is 0 Å². The van der Waals surface area contributed by atoms with Crippen LogP contribution in [0.4, 0.5) is 0 Å². The van der Waals surface area contributed by atoms with Gasteiger partial charge in [0.15, 0.2) is 11.5 Å². The van der Waals surface area contributed by atoms with Crippen molar-refractivity contribution in [2.45, 2.75) is 10.8 Å². The number of nitrogens with zero attached hydrogens (tertiary/aromatic N) is 2. The molecule has 4 aliphatic rings. The van der Waals surface area contributed by atoms with E-state index in [4.69, 9.17) is 9.47 Å². The molecule has 462 valence electrons. The van der Waals surface area contributed by atoms with E-state index >= 15 is 0 Å². The van der Waals surface area contributed by atoms with E-state index in [0.717, 1.165) is 78.4 Å². The van der Waals surface area contributed by atoms with E-state index in [9.17, 15) is 0 Å². The van der Waals surface area contributed by atoms with E-state index in [0.29, 0.717) is 0 Å². The summed E-state index contributed by atoms with van der Waals surface area (Å²) in [6.07, 6.45) is 0. The van der Waals surface area contributed by atoms with Gasteiger partial charge in [0.25, 0.3) is 0 Å². The summed E-state index contributed by atoms with van der Waals surface area (Å²) >= 11 is 3.74. The van der Waals surface area contributed by atoms with Gasteiger partial charge >= 0.3 is 0 Å². The lowest BCUT2D eigenvalue weighted by Gasteiger charge is -2.39. The van der Waals surface area contributed by atoms with Crippen molar-refractivity contribution in [1.82, 2.24) is 9.13 Å². The van der Waals surface area contributed by atoms with Crippen molar-refractivity contribution in [3.05, 3.63) is 360 Å². The Hall–Kier alpha value is -12.3. The van der Waals surface area contributed by atoms with Crippen LogP contribution < -0.4 is 9.47 Å². The number of hydrogen-bond acceptors (Lipinski definition) is 4. The molecule has 6 heteroatoms. The van der Waals surface area contributed by atoms with E-state index in [1.807, 2.05) is 22.7 Å². The molecular weight excluding hydrogens is 1250 g/mol. The van der Waals surface area contributed by atoms with Crippen LogP contribution in [0.2, 0.25) is 0 Å². The lowest BCUT2D eigenvalue weighted by Crippen LogP contribution is -2.32. The van der Waals surface area contributed by atoms with Crippen molar-refractivity contribution in [2.75, 3.05) is 0 Å². The summed E-state index contributed by atoms with van der Waals surface area (Å²) in [6.45, 7) is 0. The smallest absolute Gasteiger partial charge is 0.156 e. The van der Waals surface area contributed by atoms with Crippen molar-refractivity contribution in [3.8, 4) is 67.8 Å². The third-order valence-electron chi connectivity index (χ3n) is 23.0. The molecule has 0 N–H and O–H groups in total. The highest BCUT2D eigenvalue weighted by Crippen LogP contribution is 2.67. The second-order valence-corrected chi connectivity index (χ2v) is 29.7. The number of fused-ring (bicyclic) bond motifs is 36. The summed E-state index contributed by atoms with van der Waals surface area (Å²) in [5, 5.41) is 14.5. The predicted octanol–water partition coefficient (Wildman–Crippen LogP) is 25.5. The average Bonchev–Trinajstić information content (AvgIpc) is 1.48. The van der Waals surface area contributed by atoms with Crippen molar-refractivity contribution in [2.24, 2.45) is 0 Å². The Kier molecular flexibility index (Phi) is 10.4. The van der Waals surface area contributed by atoms with Gasteiger partial charge in [-0.1, -0.05) is 261 Å². The zero-order valence-electron chi connectivity index (χ0n) is 53.5. The molecule has 0 fully saturated rings. The zero-order valence-corrected chi connectivity index (χ0v) is 55.2. The fraction of sp³-hybridized carbons (Fsp3) is 0.0213. The van der Waals surface area contributed by atoms with Crippen LogP contribution in [0, 0.1) is 0 Å². The van der Waals surface area contributed by atoms with E-state index in [1.54, 1.807) is 0 Å². The SMILES string of the molecule is c1ccc2c(c1)Oc1c(ccc3c4ccc5ccccc5c4n(-c4ccc5c(c4)sc4cc(-c6cccc7c6-c6ccccc6C76c7ccccc7Oc7c6ccc6c8ccc9ccccc9c8n(-c8ccc9sc%10ccccc%10c9c8)c76)ccc45)c13)C21c2ccccc2-c2ccccc21. The first-order valence-corrected chi connectivity index (χ1v) is 36.1. The van der Waals surface area contributed by atoms with Gasteiger partial charge in [-0.3, -0.25) is 0 Å². The van der Waals surface area contributed by atoms with Crippen LogP contribution in [0.1, 0.15) is 44.5 Å². The fourth-order valence-corrected chi connectivity index (χ4v) is 21.4. The molecule has 20 aromatic rings. The first-order chi connectivity index (χ1) is 49.6. The van der Waals surface area contributed by atoms with Crippen LogP contribution in [0.15, 0.2) is 315 Å². The fourth-order valence-electron chi connectivity index (χ4n) is 19.1. The number of aromatic nitrogens is 2. The molecule has 0 radical (unpaired) electrons. The lowest BCUT2D eigenvalue weighted by molar-refractivity contribution is 0.440. The molecule has 2 aliphatic carbocycles. The van der Waals surface area contributed by atoms with Crippen LogP contribution in [0.25, 0.3) is 150 Å². The molecule has 2 aliphatic heterocycles. The first kappa shape index (κ1) is 53.8. The second kappa shape index (κ2) is 19.3. The second-order valence-electron chi connectivity index (χ2n) is 27.5. The van der Waals surface area contributed by atoms with Gasteiger partial charge in [-0.25, -0.2) is 0 Å². The number of benzene rings is 16. The van der Waals surface area contributed by atoms with Crippen molar-refractivity contribution >= 4 is 128 Å². The standard InChI is InChI=1S/C94H52N2O2S2/c1-3-20-59-53(18-1)36-42-66-68-46-48-79-92(89(68)95(87(59)66)56-40-49-83-71(51-56)63-24-8-16-35-82(63)99-83)98-81-34-15-13-31-76(81)94(79)74-29-11-7-25-70(74)86-58(26-17-32-77(86)94)55-38-41-64-65-44-39-57(52-85(65)100-84(64)50-55)96-88-60-21-4-2-19-54(60)37-43-67(88)69-45-47-78-91(90(69)96)97-80-33-14-12-30-75(80)93(78)72-27-9-5-22-61(72)62-23-6-10-28-73(62)93/h1-52H. The summed E-state index contributed by atoms with van der Waals surface area (Å²) < 4.78 is 25.2. The van der Waals surface area contributed by atoms with Gasteiger partial charge in [0.1, 0.15) is 11.5 Å². The summed E-state index contributed by atoms with van der Waals surface area (Å²) in [5.41, 5.74) is 22.4. The first-order valence-electron chi connectivity index (χ1n) is 34.4. The summed E-state index contributed by atoms with van der Waals surface area (Å²) in [4.78, 5) is 0. The van der Waals surface area contributed by atoms with Gasteiger partial charge in [0.2, 0.25) is 0 Å². The molecule has 6 heterocycles.